The summed E-state index contributed by atoms with van der Waals surface area (Å²) in [5, 5.41) is 7.39. The lowest BCUT2D eigenvalue weighted by Crippen LogP contribution is -2.38. The van der Waals surface area contributed by atoms with E-state index < -0.39 is 0 Å². The topological polar surface area (TPSA) is 64.1 Å². The van der Waals surface area contributed by atoms with Gasteiger partial charge in [-0.2, -0.15) is 0 Å². The molecule has 7 heteroatoms. The first-order chi connectivity index (χ1) is 14.1. The van der Waals surface area contributed by atoms with Crippen LogP contribution in [0.25, 0.3) is 0 Å². The zero-order valence-electron chi connectivity index (χ0n) is 17.5. The smallest absolute Gasteiger partial charge is 0.203 e. The Labute approximate surface area is 178 Å². The summed E-state index contributed by atoms with van der Waals surface area (Å²) in [6.07, 6.45) is 1.59. The van der Waals surface area contributed by atoms with E-state index >= 15 is 0 Å². The molecule has 6 nitrogen and oxygen atoms in total. The Morgan fingerprint density at radius 1 is 0.966 bits per heavy atom. The third kappa shape index (κ3) is 6.75. The third-order valence-corrected chi connectivity index (χ3v) is 4.61. The van der Waals surface area contributed by atoms with E-state index in [1.807, 2.05) is 37.3 Å². The van der Waals surface area contributed by atoms with Crippen molar-refractivity contribution in [3.8, 4) is 17.2 Å². The molecule has 0 aromatic heterocycles. The Kier molecular flexibility index (Phi) is 9.44. The van der Waals surface area contributed by atoms with Crippen molar-refractivity contribution in [2.75, 3.05) is 41.0 Å². The van der Waals surface area contributed by atoms with Crippen LogP contribution in [0.3, 0.4) is 0 Å². The highest BCUT2D eigenvalue weighted by Gasteiger charge is 2.15. The van der Waals surface area contributed by atoms with Crippen molar-refractivity contribution >= 4 is 17.6 Å². The van der Waals surface area contributed by atoms with Crippen molar-refractivity contribution < 1.29 is 14.2 Å². The number of benzene rings is 2. The molecule has 0 radical (unpaired) electrons. The number of hydrogen-bond acceptors (Lipinski definition) is 4. The minimum atomic E-state index is 0.600. The van der Waals surface area contributed by atoms with Crippen molar-refractivity contribution in [1.82, 2.24) is 10.6 Å². The number of ether oxygens (including phenoxy) is 3. The van der Waals surface area contributed by atoms with Crippen LogP contribution in [-0.4, -0.2) is 46.9 Å². The fourth-order valence-corrected chi connectivity index (χ4v) is 3.22. The second-order valence-corrected chi connectivity index (χ2v) is 6.75. The summed E-state index contributed by atoms with van der Waals surface area (Å²) in [5.41, 5.74) is 2.21. The van der Waals surface area contributed by atoms with Crippen molar-refractivity contribution in [3.63, 3.8) is 0 Å². The fraction of sp³-hybridized carbons (Fsp3) is 0.409. The number of hydrogen-bond donors (Lipinski definition) is 2. The van der Waals surface area contributed by atoms with Gasteiger partial charge in [-0.25, -0.2) is 0 Å². The third-order valence-electron chi connectivity index (χ3n) is 4.38. The molecule has 2 aromatic carbocycles. The number of rotatable bonds is 10. The predicted molar refractivity (Wildman–Crippen MR) is 119 cm³/mol. The maximum absolute atomic E-state index is 6.04. The summed E-state index contributed by atoms with van der Waals surface area (Å²) < 4.78 is 16.3. The van der Waals surface area contributed by atoms with Crippen LogP contribution in [0.15, 0.2) is 41.4 Å². The molecule has 2 N–H and O–H groups in total. The molecule has 0 aliphatic carbocycles. The van der Waals surface area contributed by atoms with Crippen LogP contribution in [-0.2, 0) is 12.8 Å². The van der Waals surface area contributed by atoms with Gasteiger partial charge < -0.3 is 24.8 Å². The SMILES string of the molecule is CCNC(=NCCc1ccc(OC)c(OC)c1OC)NCCc1cccc(Cl)c1. The minimum Gasteiger partial charge on any atom is -0.493 e. The monoisotopic (exact) mass is 419 g/mol. The average molecular weight is 420 g/mol. The van der Waals surface area contributed by atoms with Gasteiger partial charge in [0.2, 0.25) is 5.75 Å². The molecular formula is C22H30ClN3O3. The predicted octanol–water partition coefficient (Wildman–Crippen LogP) is 3.71. The van der Waals surface area contributed by atoms with Crippen molar-refractivity contribution in [2.24, 2.45) is 4.99 Å². The number of aliphatic imine (C=N–C) groups is 1. The van der Waals surface area contributed by atoms with E-state index in [2.05, 4.69) is 21.7 Å². The van der Waals surface area contributed by atoms with Gasteiger partial charge in [0.25, 0.3) is 0 Å². The highest BCUT2D eigenvalue weighted by atomic mass is 35.5. The molecule has 0 aliphatic rings. The maximum Gasteiger partial charge on any atom is 0.203 e. The van der Waals surface area contributed by atoms with E-state index in [0.29, 0.717) is 30.2 Å². The molecule has 0 heterocycles. The maximum atomic E-state index is 6.04. The Balaban J connectivity index is 1.98. The van der Waals surface area contributed by atoms with Gasteiger partial charge in [-0.15, -0.1) is 0 Å². The Morgan fingerprint density at radius 2 is 1.76 bits per heavy atom. The number of methoxy groups -OCH3 is 3. The Hall–Kier alpha value is -2.60. The van der Waals surface area contributed by atoms with E-state index in [9.17, 15) is 0 Å². The zero-order chi connectivity index (χ0) is 21.1. The van der Waals surface area contributed by atoms with Crippen LogP contribution in [0.4, 0.5) is 0 Å². The van der Waals surface area contributed by atoms with Crippen LogP contribution >= 0.6 is 11.6 Å². The van der Waals surface area contributed by atoms with Crippen molar-refractivity contribution in [3.05, 3.63) is 52.5 Å². The number of halogens is 1. The quantitative estimate of drug-likeness (QED) is 0.454. The van der Waals surface area contributed by atoms with Crippen LogP contribution in [0, 0.1) is 0 Å². The molecule has 0 bridgehead atoms. The normalized spacial score (nSPS) is 11.1. The highest BCUT2D eigenvalue weighted by molar-refractivity contribution is 6.30. The van der Waals surface area contributed by atoms with E-state index in [4.69, 9.17) is 25.8 Å². The van der Waals surface area contributed by atoms with Crippen LogP contribution in [0.5, 0.6) is 17.2 Å². The van der Waals surface area contributed by atoms with Gasteiger partial charge in [0, 0.05) is 30.2 Å². The van der Waals surface area contributed by atoms with Crippen molar-refractivity contribution in [2.45, 2.75) is 19.8 Å². The molecule has 0 aliphatic heterocycles. The molecule has 29 heavy (non-hydrogen) atoms. The second-order valence-electron chi connectivity index (χ2n) is 6.31. The molecular weight excluding hydrogens is 390 g/mol. The van der Waals surface area contributed by atoms with E-state index in [1.54, 1.807) is 21.3 Å². The van der Waals surface area contributed by atoms with Crippen molar-refractivity contribution in [1.29, 1.82) is 0 Å². The highest BCUT2D eigenvalue weighted by Crippen LogP contribution is 2.39. The van der Waals surface area contributed by atoms with E-state index in [1.165, 1.54) is 5.56 Å². The summed E-state index contributed by atoms with van der Waals surface area (Å²) in [6.45, 7) is 4.22. The molecule has 158 valence electrons. The molecule has 0 saturated heterocycles. The lowest BCUT2D eigenvalue weighted by atomic mass is 10.1. The van der Waals surface area contributed by atoms with Gasteiger partial charge in [0.05, 0.1) is 21.3 Å². The van der Waals surface area contributed by atoms with Crippen LogP contribution < -0.4 is 24.8 Å². The van der Waals surface area contributed by atoms with Gasteiger partial charge in [-0.05, 0) is 43.5 Å². The molecule has 0 fully saturated rings. The van der Waals surface area contributed by atoms with Gasteiger partial charge in [-0.3, -0.25) is 4.99 Å². The first kappa shape index (κ1) is 22.7. The van der Waals surface area contributed by atoms with Gasteiger partial charge in [-0.1, -0.05) is 29.8 Å². The largest absolute Gasteiger partial charge is 0.493 e. The molecule has 2 aromatic rings. The summed E-state index contributed by atoms with van der Waals surface area (Å²) >= 11 is 6.04. The first-order valence-electron chi connectivity index (χ1n) is 9.67. The Bertz CT molecular complexity index is 812. The standard InChI is InChI=1S/C22H30ClN3O3/c1-5-24-22(25-13-11-16-7-6-8-18(23)15-16)26-14-12-17-9-10-19(27-2)21(29-4)20(17)28-3/h6-10,15H,5,11-14H2,1-4H3,(H2,24,25,26). The molecule has 0 amide bonds. The van der Waals surface area contributed by atoms with Crippen LogP contribution in [0.1, 0.15) is 18.1 Å². The minimum absolute atomic E-state index is 0.600. The second kappa shape index (κ2) is 12.1. The lowest BCUT2D eigenvalue weighted by Gasteiger charge is -2.15. The number of nitrogens with one attached hydrogen (secondary N) is 2. The summed E-state index contributed by atoms with van der Waals surface area (Å²) in [7, 11) is 4.85. The Morgan fingerprint density at radius 3 is 2.41 bits per heavy atom. The zero-order valence-corrected chi connectivity index (χ0v) is 18.3. The van der Waals surface area contributed by atoms with E-state index in [-0.39, 0.29) is 0 Å². The van der Waals surface area contributed by atoms with Gasteiger partial charge >= 0.3 is 0 Å². The average Bonchev–Trinajstić information content (AvgIpc) is 2.73. The lowest BCUT2D eigenvalue weighted by molar-refractivity contribution is 0.322. The number of guanidine groups is 1. The molecule has 0 unspecified atom stereocenters. The van der Waals surface area contributed by atoms with Crippen LogP contribution in [0.2, 0.25) is 5.02 Å². The summed E-state index contributed by atoms with van der Waals surface area (Å²) in [4.78, 5) is 4.67. The number of nitrogens with zero attached hydrogens (tertiary/aromatic N) is 1. The first-order valence-corrected chi connectivity index (χ1v) is 10.0. The van der Waals surface area contributed by atoms with E-state index in [0.717, 1.165) is 36.1 Å². The summed E-state index contributed by atoms with van der Waals surface area (Å²) in [5.74, 6) is 2.71. The van der Waals surface area contributed by atoms with Gasteiger partial charge in [0.15, 0.2) is 17.5 Å². The molecule has 0 saturated carbocycles. The molecule has 0 spiro atoms. The molecule has 2 rings (SSSR count). The fourth-order valence-electron chi connectivity index (χ4n) is 3.01. The molecule has 0 atom stereocenters. The van der Waals surface area contributed by atoms with Gasteiger partial charge in [0.1, 0.15) is 0 Å². The summed E-state index contributed by atoms with van der Waals surface area (Å²) in [6, 6.07) is 11.8.